The summed E-state index contributed by atoms with van der Waals surface area (Å²) in [5, 5.41) is 0. The molecule has 3 heterocycles. The van der Waals surface area contributed by atoms with Crippen molar-refractivity contribution in [1.29, 1.82) is 0 Å². The summed E-state index contributed by atoms with van der Waals surface area (Å²) in [4.78, 5) is 43.9. The van der Waals surface area contributed by atoms with Crippen LogP contribution in [0, 0.1) is 11.6 Å². The number of rotatable bonds is 6. The van der Waals surface area contributed by atoms with E-state index in [1.54, 1.807) is 24.1 Å². The smallest absolute Gasteiger partial charge is 0.414 e. The molecule has 3 amide bonds. The Hall–Kier alpha value is -3.76. The number of amides is 3. The van der Waals surface area contributed by atoms with Crippen LogP contribution in [-0.4, -0.2) is 67.9 Å². The fraction of sp³-hybridized carbons (Fsp3) is 0.364. The maximum Gasteiger partial charge on any atom is 0.414 e. The molecule has 33 heavy (non-hydrogen) atoms. The van der Waals surface area contributed by atoms with Gasteiger partial charge in [0.2, 0.25) is 0 Å². The molecule has 0 radical (unpaired) electrons. The zero-order chi connectivity index (χ0) is 23.7. The van der Waals surface area contributed by atoms with Gasteiger partial charge in [-0.1, -0.05) is 0 Å². The second-order valence-corrected chi connectivity index (χ2v) is 7.75. The molecule has 1 aromatic carbocycles. The van der Waals surface area contributed by atoms with E-state index in [1.807, 2.05) is 0 Å². The number of urea groups is 1. The van der Waals surface area contributed by atoms with Gasteiger partial charge in [0.25, 0.3) is 0 Å². The van der Waals surface area contributed by atoms with Gasteiger partial charge in [0, 0.05) is 43.9 Å². The minimum atomic E-state index is -1.20. The fourth-order valence-electron chi connectivity index (χ4n) is 3.79. The number of pyridine rings is 1. The molecule has 174 valence electrons. The van der Waals surface area contributed by atoms with E-state index in [2.05, 4.69) is 9.72 Å². The summed E-state index contributed by atoms with van der Waals surface area (Å²) in [7, 11) is 2.94. The SMILES string of the molecule is COC(=O)CC[C@H]1CN(c2ccc(-c3ccc(N4CCN(C)C4=O)nc3)c(F)c2F)C(=O)O1. The van der Waals surface area contributed by atoms with Crippen molar-refractivity contribution < 1.29 is 32.6 Å². The molecule has 4 rings (SSSR count). The van der Waals surface area contributed by atoms with E-state index in [0.717, 1.165) is 4.90 Å². The summed E-state index contributed by atoms with van der Waals surface area (Å²) in [6.45, 7) is 1.05. The van der Waals surface area contributed by atoms with Gasteiger partial charge in [-0.25, -0.2) is 23.4 Å². The molecule has 0 N–H and O–H groups in total. The number of anilines is 2. The van der Waals surface area contributed by atoms with Crippen molar-refractivity contribution in [2.75, 3.05) is 43.6 Å². The average molecular weight is 460 g/mol. The highest BCUT2D eigenvalue weighted by molar-refractivity contribution is 5.93. The van der Waals surface area contributed by atoms with Crippen LogP contribution in [-0.2, 0) is 14.3 Å². The van der Waals surface area contributed by atoms with Crippen molar-refractivity contribution in [2.24, 2.45) is 0 Å². The summed E-state index contributed by atoms with van der Waals surface area (Å²) in [5.41, 5.74) is 0.0359. The van der Waals surface area contributed by atoms with Gasteiger partial charge in [-0.3, -0.25) is 14.6 Å². The van der Waals surface area contributed by atoms with Crippen molar-refractivity contribution in [3.05, 3.63) is 42.1 Å². The first-order valence-electron chi connectivity index (χ1n) is 10.3. The largest absolute Gasteiger partial charge is 0.469 e. The van der Waals surface area contributed by atoms with Gasteiger partial charge in [-0.15, -0.1) is 0 Å². The number of ether oxygens (including phenoxy) is 2. The Morgan fingerprint density at radius 3 is 2.58 bits per heavy atom. The number of benzene rings is 1. The molecule has 0 spiro atoms. The summed E-state index contributed by atoms with van der Waals surface area (Å²) in [6.07, 6.45) is 0.168. The summed E-state index contributed by atoms with van der Waals surface area (Å²) >= 11 is 0. The van der Waals surface area contributed by atoms with Gasteiger partial charge < -0.3 is 14.4 Å². The van der Waals surface area contributed by atoms with Crippen LogP contribution < -0.4 is 9.80 Å². The second-order valence-electron chi connectivity index (χ2n) is 7.75. The third kappa shape index (κ3) is 4.30. The molecule has 0 bridgehead atoms. The van der Waals surface area contributed by atoms with E-state index in [1.165, 1.54) is 30.3 Å². The lowest BCUT2D eigenvalue weighted by Crippen LogP contribution is -2.29. The number of halogens is 2. The number of cyclic esters (lactones) is 1. The number of hydrogen-bond acceptors (Lipinski definition) is 6. The number of aromatic nitrogens is 1. The normalized spacial score (nSPS) is 18.2. The van der Waals surface area contributed by atoms with Crippen LogP contribution in [0.5, 0.6) is 0 Å². The predicted molar refractivity (Wildman–Crippen MR) is 114 cm³/mol. The first-order valence-corrected chi connectivity index (χ1v) is 10.3. The van der Waals surface area contributed by atoms with Crippen LogP contribution in [0.15, 0.2) is 30.5 Å². The molecule has 0 saturated carbocycles. The van der Waals surface area contributed by atoms with E-state index in [0.29, 0.717) is 24.5 Å². The van der Waals surface area contributed by atoms with Gasteiger partial charge in [0.05, 0.1) is 19.3 Å². The summed E-state index contributed by atoms with van der Waals surface area (Å²) in [5.74, 6) is -2.36. The van der Waals surface area contributed by atoms with Gasteiger partial charge in [0.1, 0.15) is 11.9 Å². The lowest BCUT2D eigenvalue weighted by molar-refractivity contribution is -0.141. The van der Waals surface area contributed by atoms with Gasteiger partial charge >= 0.3 is 18.1 Å². The van der Waals surface area contributed by atoms with Crippen LogP contribution in [0.25, 0.3) is 11.1 Å². The number of methoxy groups -OCH3 is 1. The summed E-state index contributed by atoms with van der Waals surface area (Å²) < 4.78 is 39.5. The fourth-order valence-corrected chi connectivity index (χ4v) is 3.79. The number of carbonyl (C=O) groups excluding carboxylic acids is 3. The molecule has 2 fully saturated rings. The van der Waals surface area contributed by atoms with Crippen LogP contribution in [0.4, 0.5) is 29.9 Å². The van der Waals surface area contributed by atoms with Crippen molar-refractivity contribution in [2.45, 2.75) is 18.9 Å². The lowest BCUT2D eigenvalue weighted by atomic mass is 10.1. The molecule has 0 aliphatic carbocycles. The van der Waals surface area contributed by atoms with Gasteiger partial charge in [-0.05, 0) is 30.7 Å². The van der Waals surface area contributed by atoms with E-state index >= 15 is 0 Å². The second kappa shape index (κ2) is 9.00. The van der Waals surface area contributed by atoms with Crippen molar-refractivity contribution in [3.63, 3.8) is 0 Å². The molecule has 1 aromatic heterocycles. The third-order valence-corrected chi connectivity index (χ3v) is 5.68. The maximum atomic E-state index is 14.9. The molecule has 2 aliphatic rings. The maximum absolute atomic E-state index is 14.9. The number of esters is 1. The zero-order valence-electron chi connectivity index (χ0n) is 18.1. The molecule has 0 unspecified atom stereocenters. The van der Waals surface area contributed by atoms with Crippen molar-refractivity contribution in [3.8, 4) is 11.1 Å². The molecule has 1 atom stereocenters. The molecule has 2 aliphatic heterocycles. The number of hydrogen-bond donors (Lipinski definition) is 0. The van der Waals surface area contributed by atoms with Gasteiger partial charge in [0.15, 0.2) is 11.6 Å². The molecule has 11 heteroatoms. The predicted octanol–water partition coefficient (Wildman–Crippen LogP) is 3.18. The molecule has 2 saturated heterocycles. The van der Waals surface area contributed by atoms with Crippen molar-refractivity contribution >= 4 is 29.6 Å². The van der Waals surface area contributed by atoms with E-state index in [4.69, 9.17) is 4.74 Å². The van der Waals surface area contributed by atoms with E-state index in [-0.39, 0.29) is 36.7 Å². The van der Waals surface area contributed by atoms with Crippen LogP contribution >= 0.6 is 0 Å². The molecule has 9 nitrogen and oxygen atoms in total. The summed E-state index contributed by atoms with van der Waals surface area (Å²) in [6, 6.07) is 5.60. The highest BCUT2D eigenvalue weighted by Crippen LogP contribution is 2.33. The van der Waals surface area contributed by atoms with Gasteiger partial charge in [-0.2, -0.15) is 0 Å². The molecular weight excluding hydrogens is 438 g/mol. The Balaban J connectivity index is 1.51. The first-order chi connectivity index (χ1) is 15.8. The van der Waals surface area contributed by atoms with Crippen LogP contribution in [0.3, 0.4) is 0 Å². The zero-order valence-corrected chi connectivity index (χ0v) is 18.1. The lowest BCUT2D eigenvalue weighted by Gasteiger charge is -2.17. The Bertz CT molecular complexity index is 1090. The van der Waals surface area contributed by atoms with E-state index in [9.17, 15) is 23.2 Å². The average Bonchev–Trinajstić information content (AvgIpc) is 3.35. The molecular formula is C22H22F2N4O5. The quantitative estimate of drug-likeness (QED) is 0.615. The Labute approximate surface area is 188 Å². The standard InChI is InChI=1S/C22H22F2N4O5/c1-26-9-10-27(21(26)30)17-7-3-13(11-25-17)15-5-6-16(20(24)19(15)23)28-12-14(33-22(28)31)4-8-18(29)32-2/h3,5-7,11,14H,4,8-10,12H2,1-2H3/t14-/m0/s1. The van der Waals surface area contributed by atoms with Crippen molar-refractivity contribution in [1.82, 2.24) is 9.88 Å². The Morgan fingerprint density at radius 2 is 1.94 bits per heavy atom. The topological polar surface area (TPSA) is 92.3 Å². The molecule has 2 aromatic rings. The first kappa shape index (κ1) is 22.4. The highest BCUT2D eigenvalue weighted by Gasteiger charge is 2.35. The number of likely N-dealkylation sites (N-methyl/N-ethyl adjacent to an activating group) is 1. The minimum absolute atomic E-state index is 0.0138. The highest BCUT2D eigenvalue weighted by atomic mass is 19.2. The minimum Gasteiger partial charge on any atom is -0.469 e. The Morgan fingerprint density at radius 1 is 1.15 bits per heavy atom. The van der Waals surface area contributed by atoms with E-state index < -0.39 is 29.8 Å². The number of carbonyl (C=O) groups is 3. The number of nitrogens with zero attached hydrogens (tertiary/aromatic N) is 4. The third-order valence-electron chi connectivity index (χ3n) is 5.68. The monoisotopic (exact) mass is 460 g/mol. The van der Waals surface area contributed by atoms with Crippen LogP contribution in [0.1, 0.15) is 12.8 Å². The van der Waals surface area contributed by atoms with Crippen LogP contribution in [0.2, 0.25) is 0 Å². The Kier molecular flexibility index (Phi) is 6.12.